The van der Waals surface area contributed by atoms with E-state index in [-0.39, 0.29) is 9.77 Å². The first-order valence-electron chi connectivity index (χ1n) is 5.89. The number of sulfonamides is 1. The minimum absolute atomic E-state index is 0.0271. The fraction of sp³-hybridized carbons (Fsp3) is 0.154. The van der Waals surface area contributed by atoms with Crippen LogP contribution in [0.4, 0.5) is 0 Å². The molecule has 0 fully saturated rings. The molecule has 1 heterocycles. The normalized spacial score (nSPS) is 13.0. The highest BCUT2D eigenvalue weighted by molar-refractivity contribution is 7.91. The number of halogens is 1. The quantitative estimate of drug-likeness (QED) is 0.872. The molecule has 0 saturated carbocycles. The van der Waals surface area contributed by atoms with Crippen LogP contribution in [0.3, 0.4) is 0 Å². The lowest BCUT2D eigenvalue weighted by atomic mass is 10.1. The Morgan fingerprint density at radius 1 is 1.33 bits per heavy atom. The molecule has 0 aliphatic rings. The van der Waals surface area contributed by atoms with E-state index in [4.69, 9.17) is 16.7 Å². The maximum atomic E-state index is 12.2. The third kappa shape index (κ3) is 3.82. The molecule has 0 aliphatic carbocycles. The van der Waals surface area contributed by atoms with Crippen LogP contribution in [-0.2, 0) is 10.0 Å². The number of aromatic carboxylic acids is 1. The fourth-order valence-electron chi connectivity index (χ4n) is 1.68. The Bertz CT molecular complexity index is 753. The molecule has 0 aliphatic heterocycles. The third-order valence-corrected chi connectivity index (χ3v) is 6.02. The van der Waals surface area contributed by atoms with Gasteiger partial charge in [-0.1, -0.05) is 23.7 Å². The number of benzene rings is 1. The van der Waals surface area contributed by atoms with Crippen LogP contribution >= 0.6 is 22.9 Å². The van der Waals surface area contributed by atoms with Gasteiger partial charge in [-0.2, -0.15) is 0 Å². The number of carboxylic acid groups (broad SMARTS) is 1. The average Bonchev–Trinajstić information content (AvgIpc) is 2.89. The summed E-state index contributed by atoms with van der Waals surface area (Å²) in [5, 5.41) is 10.7. The van der Waals surface area contributed by atoms with Crippen molar-refractivity contribution in [3.8, 4) is 0 Å². The molecule has 0 unspecified atom stereocenters. The van der Waals surface area contributed by atoms with Crippen LogP contribution in [0.2, 0.25) is 5.02 Å². The van der Waals surface area contributed by atoms with Crippen LogP contribution in [0.5, 0.6) is 0 Å². The predicted octanol–water partition coefficient (Wildman–Crippen LogP) is 3.14. The van der Waals surface area contributed by atoms with E-state index in [9.17, 15) is 13.2 Å². The maximum absolute atomic E-state index is 12.2. The molecule has 0 saturated heterocycles. The van der Waals surface area contributed by atoms with Crippen molar-refractivity contribution in [3.05, 3.63) is 51.9 Å². The molecule has 2 N–H and O–H groups in total. The molecule has 0 bridgehead atoms. The van der Waals surface area contributed by atoms with Crippen molar-refractivity contribution in [3.63, 3.8) is 0 Å². The van der Waals surface area contributed by atoms with Crippen LogP contribution in [0, 0.1) is 0 Å². The molecule has 8 heteroatoms. The van der Waals surface area contributed by atoms with Crippen LogP contribution in [-0.4, -0.2) is 19.5 Å². The van der Waals surface area contributed by atoms with Gasteiger partial charge in [0.15, 0.2) is 0 Å². The zero-order valence-electron chi connectivity index (χ0n) is 10.9. The van der Waals surface area contributed by atoms with E-state index in [1.54, 1.807) is 31.2 Å². The highest BCUT2D eigenvalue weighted by Crippen LogP contribution is 2.23. The van der Waals surface area contributed by atoms with E-state index in [0.29, 0.717) is 5.02 Å². The molecule has 2 rings (SSSR count). The molecule has 1 atom stereocenters. The number of carboxylic acids is 1. The highest BCUT2D eigenvalue weighted by atomic mass is 35.5. The van der Waals surface area contributed by atoms with E-state index in [1.807, 2.05) is 0 Å². The van der Waals surface area contributed by atoms with Crippen molar-refractivity contribution < 1.29 is 18.3 Å². The first-order chi connectivity index (χ1) is 9.79. The molecular weight excluding hydrogens is 334 g/mol. The second kappa shape index (κ2) is 6.15. The molecule has 21 heavy (non-hydrogen) atoms. The van der Waals surface area contributed by atoms with Crippen molar-refractivity contribution in [1.29, 1.82) is 0 Å². The van der Waals surface area contributed by atoms with Gasteiger partial charge in [0.1, 0.15) is 4.21 Å². The van der Waals surface area contributed by atoms with E-state index in [2.05, 4.69) is 4.72 Å². The Morgan fingerprint density at radius 2 is 1.95 bits per heavy atom. The summed E-state index contributed by atoms with van der Waals surface area (Å²) in [4.78, 5) is 10.8. The maximum Gasteiger partial charge on any atom is 0.336 e. The largest absolute Gasteiger partial charge is 0.478 e. The number of nitrogens with one attached hydrogen (secondary N) is 1. The third-order valence-electron chi connectivity index (χ3n) is 2.79. The van der Waals surface area contributed by atoms with Gasteiger partial charge < -0.3 is 5.11 Å². The fourth-order valence-corrected chi connectivity index (χ4v) is 4.21. The predicted molar refractivity (Wildman–Crippen MR) is 81.5 cm³/mol. The smallest absolute Gasteiger partial charge is 0.336 e. The van der Waals surface area contributed by atoms with E-state index < -0.39 is 22.0 Å². The Labute approximate surface area is 131 Å². The monoisotopic (exact) mass is 345 g/mol. The topological polar surface area (TPSA) is 83.5 Å². The number of carbonyl (C=O) groups is 1. The van der Waals surface area contributed by atoms with E-state index in [0.717, 1.165) is 23.0 Å². The molecule has 1 aromatic carbocycles. The SMILES string of the molecule is C[C@@H](NS(=O)(=O)c1cc(C(=O)O)cs1)c1ccc(Cl)cc1. The summed E-state index contributed by atoms with van der Waals surface area (Å²) in [5.74, 6) is -1.15. The number of hydrogen-bond donors (Lipinski definition) is 2. The van der Waals surface area contributed by atoms with Gasteiger partial charge in [-0.25, -0.2) is 17.9 Å². The van der Waals surface area contributed by atoms with Gasteiger partial charge in [0, 0.05) is 16.4 Å². The molecule has 2 aromatic rings. The number of thiophene rings is 1. The van der Waals surface area contributed by atoms with Crippen LogP contribution in [0.15, 0.2) is 39.9 Å². The zero-order chi connectivity index (χ0) is 15.6. The van der Waals surface area contributed by atoms with Crippen LogP contribution < -0.4 is 4.72 Å². The summed E-state index contributed by atoms with van der Waals surface area (Å²) in [6.45, 7) is 1.70. The van der Waals surface area contributed by atoms with Crippen LogP contribution in [0.1, 0.15) is 28.9 Å². The number of hydrogen-bond acceptors (Lipinski definition) is 4. The first-order valence-corrected chi connectivity index (χ1v) is 8.63. The van der Waals surface area contributed by atoms with Crippen molar-refractivity contribution >= 4 is 38.9 Å². The standard InChI is InChI=1S/C13H12ClNO4S2/c1-8(9-2-4-11(14)5-3-9)15-21(18,19)12-6-10(7-20-12)13(16)17/h2-8,15H,1H3,(H,16,17)/t8-/m1/s1. The van der Waals surface area contributed by atoms with Crippen molar-refractivity contribution in [1.82, 2.24) is 4.72 Å². The minimum Gasteiger partial charge on any atom is -0.478 e. The Kier molecular flexibility index (Phi) is 4.67. The van der Waals surface area contributed by atoms with Gasteiger partial charge in [-0.15, -0.1) is 11.3 Å². The van der Waals surface area contributed by atoms with Crippen molar-refractivity contribution in [2.24, 2.45) is 0 Å². The molecule has 0 radical (unpaired) electrons. The average molecular weight is 346 g/mol. The molecule has 1 aromatic heterocycles. The van der Waals surface area contributed by atoms with E-state index in [1.165, 1.54) is 5.38 Å². The van der Waals surface area contributed by atoms with Crippen LogP contribution in [0.25, 0.3) is 0 Å². The molecule has 5 nitrogen and oxygen atoms in total. The van der Waals surface area contributed by atoms with E-state index >= 15 is 0 Å². The van der Waals surface area contributed by atoms with Crippen molar-refractivity contribution in [2.45, 2.75) is 17.2 Å². The molecule has 112 valence electrons. The van der Waals surface area contributed by atoms with Gasteiger partial charge in [0.2, 0.25) is 0 Å². The first kappa shape index (κ1) is 16.0. The molecule has 0 spiro atoms. The lowest BCUT2D eigenvalue weighted by Crippen LogP contribution is -2.26. The van der Waals surface area contributed by atoms with Gasteiger partial charge >= 0.3 is 5.97 Å². The summed E-state index contributed by atoms with van der Waals surface area (Å²) >= 11 is 6.66. The number of rotatable bonds is 5. The lowest BCUT2D eigenvalue weighted by Gasteiger charge is -2.13. The summed E-state index contributed by atoms with van der Waals surface area (Å²) in [7, 11) is -3.76. The summed E-state index contributed by atoms with van der Waals surface area (Å²) in [6.07, 6.45) is 0. The Morgan fingerprint density at radius 3 is 2.48 bits per heavy atom. The summed E-state index contributed by atoms with van der Waals surface area (Å²) in [6, 6.07) is 7.50. The van der Waals surface area contributed by atoms with Crippen molar-refractivity contribution in [2.75, 3.05) is 0 Å². The summed E-state index contributed by atoms with van der Waals surface area (Å²) < 4.78 is 26.9. The second-order valence-electron chi connectivity index (χ2n) is 4.35. The second-order valence-corrected chi connectivity index (χ2v) is 7.64. The van der Waals surface area contributed by atoms with Gasteiger partial charge in [-0.3, -0.25) is 0 Å². The minimum atomic E-state index is -3.76. The Balaban J connectivity index is 2.20. The lowest BCUT2D eigenvalue weighted by molar-refractivity contribution is 0.0697. The van der Waals surface area contributed by atoms with Gasteiger partial charge in [-0.05, 0) is 30.7 Å². The molecule has 0 amide bonds. The molecular formula is C13H12ClNO4S2. The Hall–Kier alpha value is -1.41. The summed E-state index contributed by atoms with van der Waals surface area (Å²) in [5.41, 5.74) is 0.720. The van der Waals surface area contributed by atoms with Gasteiger partial charge in [0.25, 0.3) is 10.0 Å². The highest BCUT2D eigenvalue weighted by Gasteiger charge is 2.21. The zero-order valence-corrected chi connectivity index (χ0v) is 13.3. The van der Waals surface area contributed by atoms with Gasteiger partial charge in [0.05, 0.1) is 5.56 Å².